The molecule has 0 bridgehead atoms. The van der Waals surface area contributed by atoms with Crippen LogP contribution in [0.5, 0.6) is 0 Å². The lowest BCUT2D eigenvalue weighted by atomic mass is 10.3. The largest absolute Gasteiger partial charge is 0.398 e. The van der Waals surface area contributed by atoms with Crippen molar-refractivity contribution in [1.29, 1.82) is 0 Å². The van der Waals surface area contributed by atoms with Gasteiger partial charge in [-0.05, 0) is 31.0 Å². The molecule has 1 aliphatic heterocycles. The van der Waals surface area contributed by atoms with E-state index in [1.165, 1.54) is 23.2 Å². The standard InChI is InChI=1S/C13H18FN3O2S/c14-10-1-4-13(12(15)9-10)20(18,19)17-7-5-16(6-8-17)11-2-3-11/h1,4,9,11H,2-3,5-8,15H2. The summed E-state index contributed by atoms with van der Waals surface area (Å²) in [6.07, 6.45) is 2.44. The van der Waals surface area contributed by atoms with Crippen molar-refractivity contribution in [3.8, 4) is 0 Å². The molecule has 0 amide bonds. The van der Waals surface area contributed by atoms with Gasteiger partial charge >= 0.3 is 0 Å². The second-order valence-corrected chi connectivity index (χ2v) is 7.26. The van der Waals surface area contributed by atoms with Gasteiger partial charge in [0.05, 0.1) is 5.69 Å². The number of hydrogen-bond donors (Lipinski definition) is 1. The molecule has 0 unspecified atom stereocenters. The summed E-state index contributed by atoms with van der Waals surface area (Å²) in [5, 5.41) is 0. The topological polar surface area (TPSA) is 66.6 Å². The van der Waals surface area contributed by atoms with E-state index in [1.54, 1.807) is 0 Å². The summed E-state index contributed by atoms with van der Waals surface area (Å²) >= 11 is 0. The Bertz CT molecular complexity index is 608. The molecule has 5 nitrogen and oxygen atoms in total. The number of nitrogens with zero attached hydrogens (tertiary/aromatic N) is 2. The Morgan fingerprint density at radius 3 is 2.35 bits per heavy atom. The van der Waals surface area contributed by atoms with Gasteiger partial charge in [0.15, 0.2) is 0 Å². The molecule has 1 saturated carbocycles. The maximum Gasteiger partial charge on any atom is 0.245 e. The van der Waals surface area contributed by atoms with Crippen molar-refractivity contribution in [2.75, 3.05) is 31.9 Å². The van der Waals surface area contributed by atoms with Crippen LogP contribution >= 0.6 is 0 Å². The Morgan fingerprint density at radius 2 is 1.80 bits per heavy atom. The van der Waals surface area contributed by atoms with Crippen molar-refractivity contribution in [3.05, 3.63) is 24.0 Å². The molecule has 1 aromatic rings. The molecule has 2 aliphatic rings. The second-order valence-electron chi connectivity index (χ2n) is 5.35. The van der Waals surface area contributed by atoms with Gasteiger partial charge in [0.25, 0.3) is 0 Å². The lowest BCUT2D eigenvalue weighted by Gasteiger charge is -2.34. The van der Waals surface area contributed by atoms with E-state index in [4.69, 9.17) is 5.73 Å². The van der Waals surface area contributed by atoms with Crippen LogP contribution in [0.3, 0.4) is 0 Å². The first kappa shape index (κ1) is 13.8. The maximum atomic E-state index is 13.0. The van der Waals surface area contributed by atoms with Gasteiger partial charge in [-0.2, -0.15) is 4.31 Å². The molecule has 2 fully saturated rings. The minimum Gasteiger partial charge on any atom is -0.398 e. The highest BCUT2D eigenvalue weighted by atomic mass is 32.2. The molecule has 0 atom stereocenters. The fraction of sp³-hybridized carbons (Fsp3) is 0.538. The second kappa shape index (κ2) is 4.98. The van der Waals surface area contributed by atoms with Gasteiger partial charge in [-0.1, -0.05) is 0 Å². The number of hydrogen-bond acceptors (Lipinski definition) is 4. The van der Waals surface area contributed by atoms with Gasteiger partial charge in [0.2, 0.25) is 10.0 Å². The minimum atomic E-state index is -3.62. The summed E-state index contributed by atoms with van der Waals surface area (Å²) in [5.74, 6) is -0.528. The summed E-state index contributed by atoms with van der Waals surface area (Å²) < 4.78 is 39.5. The lowest BCUT2D eigenvalue weighted by molar-refractivity contribution is 0.180. The molecule has 0 aromatic heterocycles. The number of rotatable bonds is 3. The van der Waals surface area contributed by atoms with E-state index in [0.717, 1.165) is 25.2 Å². The molecule has 0 radical (unpaired) electrons. The first-order chi connectivity index (χ1) is 9.48. The maximum absolute atomic E-state index is 13.0. The lowest BCUT2D eigenvalue weighted by Crippen LogP contribution is -2.49. The van der Waals surface area contributed by atoms with Crippen LogP contribution in [0.4, 0.5) is 10.1 Å². The molecule has 110 valence electrons. The van der Waals surface area contributed by atoms with Crippen LogP contribution in [0.2, 0.25) is 0 Å². The fourth-order valence-electron chi connectivity index (χ4n) is 2.64. The number of nitrogens with two attached hydrogens (primary N) is 1. The van der Waals surface area contributed by atoms with E-state index in [2.05, 4.69) is 4.90 Å². The Balaban J connectivity index is 1.78. The van der Waals surface area contributed by atoms with Crippen LogP contribution in [-0.4, -0.2) is 49.8 Å². The molecule has 0 spiro atoms. The number of benzene rings is 1. The third kappa shape index (κ3) is 2.53. The van der Waals surface area contributed by atoms with Gasteiger partial charge < -0.3 is 5.73 Å². The predicted molar refractivity (Wildman–Crippen MR) is 74.2 cm³/mol. The average Bonchev–Trinajstić information content (AvgIpc) is 3.22. The fourth-order valence-corrected chi connectivity index (χ4v) is 4.16. The van der Waals surface area contributed by atoms with Gasteiger partial charge in [-0.3, -0.25) is 4.90 Å². The summed E-state index contributed by atoms with van der Waals surface area (Å²) in [4.78, 5) is 2.33. The van der Waals surface area contributed by atoms with Gasteiger partial charge in [0.1, 0.15) is 10.7 Å². The van der Waals surface area contributed by atoms with Gasteiger partial charge in [0, 0.05) is 32.2 Å². The molecule has 1 saturated heterocycles. The van der Waals surface area contributed by atoms with Crippen LogP contribution < -0.4 is 5.73 Å². The van der Waals surface area contributed by atoms with Crippen molar-refractivity contribution in [2.24, 2.45) is 0 Å². The average molecular weight is 299 g/mol. The van der Waals surface area contributed by atoms with Crippen molar-refractivity contribution < 1.29 is 12.8 Å². The third-order valence-corrected chi connectivity index (χ3v) is 5.90. The van der Waals surface area contributed by atoms with E-state index < -0.39 is 15.8 Å². The SMILES string of the molecule is Nc1cc(F)ccc1S(=O)(=O)N1CCN(C2CC2)CC1. The predicted octanol–water partition coefficient (Wildman–Crippen LogP) is 0.877. The Morgan fingerprint density at radius 1 is 1.15 bits per heavy atom. The van der Waals surface area contributed by atoms with Crippen LogP contribution in [0.25, 0.3) is 0 Å². The van der Waals surface area contributed by atoms with Crippen molar-refractivity contribution in [3.63, 3.8) is 0 Å². The molecule has 2 N–H and O–H groups in total. The monoisotopic (exact) mass is 299 g/mol. The van der Waals surface area contributed by atoms with Crippen LogP contribution in [-0.2, 0) is 10.0 Å². The highest BCUT2D eigenvalue weighted by molar-refractivity contribution is 7.89. The smallest absolute Gasteiger partial charge is 0.245 e. The molecule has 1 aromatic carbocycles. The number of piperazine rings is 1. The quantitative estimate of drug-likeness (QED) is 0.841. The van der Waals surface area contributed by atoms with Gasteiger partial charge in [-0.15, -0.1) is 0 Å². The highest BCUT2D eigenvalue weighted by Crippen LogP contribution is 2.29. The van der Waals surface area contributed by atoms with E-state index in [0.29, 0.717) is 19.1 Å². The zero-order valence-electron chi connectivity index (χ0n) is 11.1. The van der Waals surface area contributed by atoms with Crippen LogP contribution in [0, 0.1) is 5.82 Å². The molecular formula is C13H18FN3O2S. The van der Waals surface area contributed by atoms with E-state index in [-0.39, 0.29) is 10.6 Å². The molecule has 3 rings (SSSR count). The van der Waals surface area contributed by atoms with E-state index in [9.17, 15) is 12.8 Å². The molecule has 20 heavy (non-hydrogen) atoms. The van der Waals surface area contributed by atoms with E-state index in [1.807, 2.05) is 0 Å². The third-order valence-electron chi connectivity index (χ3n) is 3.93. The Kier molecular flexibility index (Phi) is 3.43. The number of nitrogen functional groups attached to an aromatic ring is 1. The Hall–Kier alpha value is -1.18. The molecule has 1 heterocycles. The molecule has 1 aliphatic carbocycles. The number of halogens is 1. The van der Waals surface area contributed by atoms with Gasteiger partial charge in [-0.25, -0.2) is 12.8 Å². The van der Waals surface area contributed by atoms with Crippen molar-refractivity contribution in [1.82, 2.24) is 9.21 Å². The summed E-state index contributed by atoms with van der Waals surface area (Å²) in [5.41, 5.74) is 5.61. The van der Waals surface area contributed by atoms with Crippen molar-refractivity contribution in [2.45, 2.75) is 23.8 Å². The van der Waals surface area contributed by atoms with E-state index >= 15 is 0 Å². The first-order valence-corrected chi connectivity index (χ1v) is 8.22. The summed E-state index contributed by atoms with van der Waals surface area (Å²) in [7, 11) is -3.62. The molecule has 7 heteroatoms. The number of sulfonamides is 1. The summed E-state index contributed by atoms with van der Waals surface area (Å²) in [6, 6.07) is 4.07. The minimum absolute atomic E-state index is 0.00114. The zero-order valence-corrected chi connectivity index (χ0v) is 11.9. The van der Waals surface area contributed by atoms with Crippen molar-refractivity contribution >= 4 is 15.7 Å². The zero-order chi connectivity index (χ0) is 14.3. The Labute approximate surface area is 118 Å². The van der Waals surface area contributed by atoms with Crippen LogP contribution in [0.15, 0.2) is 23.1 Å². The first-order valence-electron chi connectivity index (χ1n) is 6.78. The van der Waals surface area contributed by atoms with Crippen LogP contribution in [0.1, 0.15) is 12.8 Å². The highest BCUT2D eigenvalue weighted by Gasteiger charge is 2.35. The number of anilines is 1. The molecular weight excluding hydrogens is 281 g/mol. The normalized spacial score (nSPS) is 22.1. The summed E-state index contributed by atoms with van der Waals surface area (Å²) in [6.45, 7) is 2.45.